The largest absolute Gasteiger partial charge is 0.490 e. The first-order valence-corrected chi connectivity index (χ1v) is 15.4. The number of rotatable bonds is 10. The first-order valence-electron chi connectivity index (χ1n) is 13.8. The number of nitrogens with zero attached hydrogens (tertiary/aromatic N) is 3. The monoisotopic (exact) mass is 677 g/mol. The van der Waals surface area contributed by atoms with Gasteiger partial charge >= 0.3 is 5.97 Å². The smallest absolute Gasteiger partial charge is 0.338 e. The number of hydrogen-bond donors (Lipinski definition) is 0. The van der Waals surface area contributed by atoms with Crippen molar-refractivity contribution >= 4 is 45.0 Å². The molecule has 0 N–H and O–H groups in total. The number of aromatic nitrogens is 1. The molecular weight excluding hydrogens is 650 g/mol. The summed E-state index contributed by atoms with van der Waals surface area (Å²) in [6, 6.07) is 18.4. The molecule has 1 atom stereocenters. The summed E-state index contributed by atoms with van der Waals surface area (Å²) in [7, 11) is 1.32. The topological polar surface area (TPSA) is 122 Å². The standard InChI is InChI=1S/C32H28BrN3O7S/c1-4-24-27(31(38)41-3)28(21-9-7-6-8-10-21)35-30(37)26(44-32(35)34-24)17-20-15-23(33)29(25(16-20)42-5-2)43-18-19-11-13-22(14-12-19)36(39)40/h6-17,28H,4-5,18H2,1-3H3/b26-17-/t28-/m0/s1. The number of ether oxygens (including phenoxy) is 3. The second-order valence-electron chi connectivity index (χ2n) is 9.67. The van der Waals surface area contributed by atoms with E-state index in [9.17, 15) is 19.7 Å². The number of esters is 1. The summed E-state index contributed by atoms with van der Waals surface area (Å²) >= 11 is 4.82. The van der Waals surface area contributed by atoms with Crippen molar-refractivity contribution in [2.75, 3.05) is 13.7 Å². The maximum Gasteiger partial charge on any atom is 0.338 e. The van der Waals surface area contributed by atoms with Gasteiger partial charge in [0.25, 0.3) is 11.2 Å². The molecule has 10 nitrogen and oxygen atoms in total. The quantitative estimate of drug-likeness (QED) is 0.124. The Morgan fingerprint density at radius 2 is 1.84 bits per heavy atom. The molecule has 0 aliphatic carbocycles. The number of thiazole rings is 1. The van der Waals surface area contributed by atoms with Gasteiger partial charge < -0.3 is 14.2 Å². The van der Waals surface area contributed by atoms with Gasteiger partial charge in [-0.15, -0.1) is 0 Å². The van der Waals surface area contributed by atoms with Crippen LogP contribution in [0, 0.1) is 10.1 Å². The molecule has 12 heteroatoms. The van der Waals surface area contributed by atoms with Gasteiger partial charge in [0.2, 0.25) is 0 Å². The first-order chi connectivity index (χ1) is 21.2. The van der Waals surface area contributed by atoms with Crippen molar-refractivity contribution < 1.29 is 23.9 Å². The minimum atomic E-state index is -0.682. The van der Waals surface area contributed by atoms with Crippen molar-refractivity contribution in [2.45, 2.75) is 32.9 Å². The van der Waals surface area contributed by atoms with Gasteiger partial charge in [0.05, 0.1) is 45.0 Å². The zero-order valence-electron chi connectivity index (χ0n) is 24.1. The van der Waals surface area contributed by atoms with Gasteiger partial charge in [-0.25, -0.2) is 9.79 Å². The molecule has 0 amide bonds. The minimum Gasteiger partial charge on any atom is -0.490 e. The number of fused-ring (bicyclic) bond motifs is 1. The zero-order chi connectivity index (χ0) is 31.4. The third-order valence-electron chi connectivity index (χ3n) is 6.93. The minimum absolute atomic E-state index is 0.00194. The third-order valence-corrected chi connectivity index (χ3v) is 8.50. The number of methoxy groups -OCH3 is 1. The summed E-state index contributed by atoms with van der Waals surface area (Å²) in [4.78, 5) is 42.6. The van der Waals surface area contributed by atoms with E-state index >= 15 is 0 Å². The Morgan fingerprint density at radius 3 is 2.48 bits per heavy atom. The molecule has 1 aromatic heterocycles. The van der Waals surface area contributed by atoms with Crippen molar-refractivity contribution in [3.63, 3.8) is 0 Å². The Hall–Kier alpha value is -4.55. The maximum absolute atomic E-state index is 13.9. The van der Waals surface area contributed by atoms with Gasteiger partial charge in [-0.05, 0) is 76.3 Å². The predicted molar refractivity (Wildman–Crippen MR) is 170 cm³/mol. The predicted octanol–water partition coefficient (Wildman–Crippen LogP) is 5.45. The number of benzene rings is 3. The highest BCUT2D eigenvalue weighted by Gasteiger charge is 2.33. The molecular formula is C32H28BrN3O7S. The molecule has 1 aliphatic rings. The average molecular weight is 679 g/mol. The second kappa shape index (κ2) is 13.4. The summed E-state index contributed by atoms with van der Waals surface area (Å²) in [6.45, 7) is 4.30. The number of halogens is 1. The molecule has 2 heterocycles. The van der Waals surface area contributed by atoms with Crippen LogP contribution in [0.1, 0.15) is 43.0 Å². The van der Waals surface area contributed by atoms with E-state index in [4.69, 9.17) is 19.2 Å². The fourth-order valence-electron chi connectivity index (χ4n) is 4.91. The molecule has 0 radical (unpaired) electrons. The Kier molecular flexibility index (Phi) is 9.40. The molecule has 0 saturated carbocycles. The molecule has 5 rings (SSSR count). The van der Waals surface area contributed by atoms with E-state index in [1.54, 1.807) is 28.8 Å². The van der Waals surface area contributed by atoms with Crippen molar-refractivity contribution in [3.8, 4) is 11.5 Å². The maximum atomic E-state index is 13.9. The Balaban J connectivity index is 1.56. The molecule has 0 unspecified atom stereocenters. The molecule has 0 spiro atoms. The van der Waals surface area contributed by atoms with Crippen LogP contribution in [-0.2, 0) is 16.1 Å². The Bertz CT molecular complexity index is 1930. The first kappa shape index (κ1) is 30.9. The average Bonchev–Trinajstić information content (AvgIpc) is 3.34. The normalized spacial score (nSPS) is 14.5. The van der Waals surface area contributed by atoms with Gasteiger partial charge in [-0.2, -0.15) is 0 Å². The lowest BCUT2D eigenvalue weighted by atomic mass is 9.95. The van der Waals surface area contributed by atoms with E-state index in [1.165, 1.54) is 30.6 Å². The lowest BCUT2D eigenvalue weighted by molar-refractivity contribution is -0.384. The summed E-state index contributed by atoms with van der Waals surface area (Å²) in [5.74, 6) is 0.401. The summed E-state index contributed by atoms with van der Waals surface area (Å²) in [5.41, 5.74) is 2.85. The Labute approximate surface area is 264 Å². The van der Waals surface area contributed by atoms with Gasteiger partial charge in [-0.3, -0.25) is 19.5 Å². The fourth-order valence-corrected chi connectivity index (χ4v) is 6.50. The summed E-state index contributed by atoms with van der Waals surface area (Å²) in [5, 5.41) is 11.0. The van der Waals surface area contributed by atoms with Crippen LogP contribution in [-0.4, -0.2) is 29.2 Å². The van der Waals surface area contributed by atoms with Crippen LogP contribution in [0.3, 0.4) is 0 Å². The second-order valence-corrected chi connectivity index (χ2v) is 11.5. The summed E-state index contributed by atoms with van der Waals surface area (Å²) < 4.78 is 19.6. The van der Waals surface area contributed by atoms with Crippen LogP contribution in [0.25, 0.3) is 6.08 Å². The third kappa shape index (κ3) is 6.22. The van der Waals surface area contributed by atoms with Crippen LogP contribution >= 0.6 is 27.3 Å². The van der Waals surface area contributed by atoms with E-state index in [1.807, 2.05) is 50.2 Å². The molecule has 44 heavy (non-hydrogen) atoms. The van der Waals surface area contributed by atoms with E-state index in [2.05, 4.69) is 15.9 Å². The van der Waals surface area contributed by atoms with Crippen molar-refractivity contribution in [3.05, 3.63) is 129 Å². The highest BCUT2D eigenvalue weighted by atomic mass is 79.9. The van der Waals surface area contributed by atoms with Crippen LogP contribution in [0.15, 0.2) is 92.3 Å². The lowest BCUT2D eigenvalue weighted by Crippen LogP contribution is -2.40. The van der Waals surface area contributed by atoms with Gasteiger partial charge in [0.15, 0.2) is 16.3 Å². The van der Waals surface area contributed by atoms with E-state index < -0.39 is 16.9 Å². The molecule has 3 aromatic carbocycles. The Morgan fingerprint density at radius 1 is 1.11 bits per heavy atom. The van der Waals surface area contributed by atoms with Crippen LogP contribution < -0.4 is 24.4 Å². The highest BCUT2D eigenvalue weighted by molar-refractivity contribution is 9.10. The van der Waals surface area contributed by atoms with Crippen LogP contribution in [0.5, 0.6) is 11.5 Å². The molecule has 1 aliphatic heterocycles. The SMILES string of the molecule is CCOc1cc(/C=c2\sc3n(c2=O)[C@@H](c2ccccc2)C(C(=O)OC)=C(CC)N=3)cc(Br)c1OCc1ccc([N+](=O)[O-])cc1. The number of hydrogen-bond acceptors (Lipinski definition) is 9. The van der Waals surface area contributed by atoms with E-state index in [0.717, 1.165) is 11.1 Å². The van der Waals surface area contributed by atoms with E-state index in [0.29, 0.717) is 55.2 Å². The number of allylic oxidation sites excluding steroid dienone is 1. The highest BCUT2D eigenvalue weighted by Crippen LogP contribution is 2.38. The summed E-state index contributed by atoms with van der Waals surface area (Å²) in [6.07, 6.45) is 2.25. The molecule has 0 fully saturated rings. The van der Waals surface area contributed by atoms with Crippen LogP contribution in [0.2, 0.25) is 0 Å². The number of nitro benzene ring substituents is 1. The molecule has 226 valence electrons. The zero-order valence-corrected chi connectivity index (χ0v) is 26.5. The van der Waals surface area contributed by atoms with Crippen molar-refractivity contribution in [2.24, 2.45) is 4.99 Å². The van der Waals surface area contributed by atoms with Gasteiger partial charge in [0, 0.05) is 12.1 Å². The van der Waals surface area contributed by atoms with Crippen molar-refractivity contribution in [1.29, 1.82) is 0 Å². The number of carbonyl (C=O) groups is 1. The van der Waals surface area contributed by atoms with Crippen molar-refractivity contribution in [1.82, 2.24) is 4.57 Å². The molecule has 4 aromatic rings. The number of carbonyl (C=O) groups excluding carboxylic acids is 1. The van der Waals surface area contributed by atoms with Crippen LogP contribution in [0.4, 0.5) is 5.69 Å². The van der Waals surface area contributed by atoms with Gasteiger partial charge in [0.1, 0.15) is 6.61 Å². The molecule has 0 bridgehead atoms. The lowest BCUT2D eigenvalue weighted by Gasteiger charge is -2.25. The number of nitro groups is 1. The fraction of sp³-hybridized carbons (Fsp3) is 0.219. The number of non-ortho nitro benzene ring substituents is 1. The van der Waals surface area contributed by atoms with Gasteiger partial charge in [-0.1, -0.05) is 48.6 Å². The van der Waals surface area contributed by atoms with E-state index in [-0.39, 0.29) is 17.9 Å². The molecule has 0 saturated heterocycles.